The summed E-state index contributed by atoms with van der Waals surface area (Å²) in [5.41, 5.74) is 0.974. The minimum absolute atomic E-state index is 0.535. The van der Waals surface area contributed by atoms with Crippen molar-refractivity contribution in [3.8, 4) is 0 Å². The molecule has 6 heteroatoms. The molecule has 16 heavy (non-hydrogen) atoms. The second kappa shape index (κ2) is 4.72. The fourth-order valence-corrected chi connectivity index (χ4v) is 1.73. The van der Waals surface area contributed by atoms with Crippen LogP contribution in [0, 0.1) is 0 Å². The summed E-state index contributed by atoms with van der Waals surface area (Å²) < 4.78 is 1.82. The summed E-state index contributed by atoms with van der Waals surface area (Å²) in [6.45, 7) is 0.576. The number of nitrogens with one attached hydrogen (secondary N) is 1. The Balaban J connectivity index is 2.08. The van der Waals surface area contributed by atoms with E-state index in [0.717, 1.165) is 5.69 Å². The van der Waals surface area contributed by atoms with Gasteiger partial charge in [0.25, 0.3) is 0 Å². The molecule has 4 nitrogen and oxygen atoms in total. The number of hydrogen-bond acceptors (Lipinski definition) is 3. The topological polar surface area (TPSA) is 42.7 Å². The van der Waals surface area contributed by atoms with E-state index in [0.29, 0.717) is 22.7 Å². The second-order valence-electron chi connectivity index (χ2n) is 3.26. The van der Waals surface area contributed by atoms with Crippen molar-refractivity contribution in [3.63, 3.8) is 0 Å². The molecule has 0 atom stereocenters. The molecular weight excluding hydrogens is 247 g/mol. The van der Waals surface area contributed by atoms with E-state index in [1.165, 1.54) is 0 Å². The minimum atomic E-state index is 0.535. The summed E-state index contributed by atoms with van der Waals surface area (Å²) in [7, 11) is 1.86. The Hall–Kier alpha value is -1.26. The van der Waals surface area contributed by atoms with Gasteiger partial charge >= 0.3 is 0 Å². The number of aromatic nitrogens is 3. The Morgan fingerprint density at radius 1 is 1.31 bits per heavy atom. The number of nitrogens with zero attached hydrogens (tertiary/aromatic N) is 3. The molecule has 0 aliphatic heterocycles. The van der Waals surface area contributed by atoms with Gasteiger partial charge in [0.15, 0.2) is 0 Å². The highest BCUT2D eigenvalue weighted by Gasteiger charge is 2.08. The molecule has 2 heterocycles. The summed E-state index contributed by atoms with van der Waals surface area (Å²) in [4.78, 5) is 8.11. The zero-order valence-corrected chi connectivity index (χ0v) is 10.1. The van der Waals surface area contributed by atoms with Gasteiger partial charge in [-0.1, -0.05) is 23.2 Å². The highest BCUT2D eigenvalue weighted by Crippen LogP contribution is 2.25. The van der Waals surface area contributed by atoms with Crippen LogP contribution in [0.2, 0.25) is 10.2 Å². The van der Waals surface area contributed by atoms with E-state index in [1.54, 1.807) is 18.5 Å². The third-order valence-corrected chi connectivity index (χ3v) is 3.05. The Bertz CT molecular complexity index is 481. The van der Waals surface area contributed by atoms with E-state index < -0.39 is 0 Å². The quantitative estimate of drug-likeness (QED) is 0.919. The van der Waals surface area contributed by atoms with Crippen LogP contribution in [0.5, 0.6) is 0 Å². The van der Waals surface area contributed by atoms with Gasteiger partial charge in [0.2, 0.25) is 5.95 Å². The molecule has 0 aromatic carbocycles. The maximum atomic E-state index is 5.95. The molecule has 0 spiro atoms. The van der Waals surface area contributed by atoms with Crippen LogP contribution in [0.15, 0.2) is 24.5 Å². The first kappa shape index (κ1) is 11.2. The molecule has 0 aliphatic carbocycles. The van der Waals surface area contributed by atoms with Crippen molar-refractivity contribution in [2.24, 2.45) is 7.05 Å². The van der Waals surface area contributed by atoms with Crippen LogP contribution in [0.3, 0.4) is 0 Å². The molecule has 1 N–H and O–H groups in total. The first-order chi connectivity index (χ1) is 7.68. The van der Waals surface area contributed by atoms with E-state index in [9.17, 15) is 0 Å². The largest absolute Gasteiger partial charge is 0.349 e. The van der Waals surface area contributed by atoms with Gasteiger partial charge in [-0.2, -0.15) is 0 Å². The number of rotatable bonds is 3. The molecule has 0 radical (unpaired) electrons. The molecule has 0 bridgehead atoms. The first-order valence-corrected chi connectivity index (χ1v) is 5.44. The summed E-state index contributed by atoms with van der Waals surface area (Å²) in [5, 5.41) is 4.17. The zero-order chi connectivity index (χ0) is 11.5. The van der Waals surface area contributed by atoms with Gasteiger partial charge in [0.1, 0.15) is 5.15 Å². The van der Waals surface area contributed by atoms with Crippen LogP contribution >= 0.6 is 23.2 Å². The van der Waals surface area contributed by atoms with Crippen molar-refractivity contribution < 1.29 is 0 Å². The molecule has 0 aliphatic rings. The van der Waals surface area contributed by atoms with Crippen LogP contribution in [0.25, 0.3) is 0 Å². The van der Waals surface area contributed by atoms with Gasteiger partial charge in [-0.15, -0.1) is 0 Å². The Kier molecular flexibility index (Phi) is 3.31. The number of halogens is 2. The fraction of sp³-hybridized carbons (Fsp3) is 0.200. The highest BCUT2D eigenvalue weighted by atomic mass is 35.5. The van der Waals surface area contributed by atoms with Crippen molar-refractivity contribution in [2.45, 2.75) is 6.54 Å². The van der Waals surface area contributed by atoms with Gasteiger partial charge in [-0.3, -0.25) is 0 Å². The Morgan fingerprint density at radius 3 is 2.56 bits per heavy atom. The molecule has 0 unspecified atom stereocenters. The van der Waals surface area contributed by atoms with Crippen molar-refractivity contribution in [1.82, 2.24) is 14.5 Å². The maximum absolute atomic E-state index is 5.95. The third kappa shape index (κ3) is 2.28. The van der Waals surface area contributed by atoms with Crippen molar-refractivity contribution in [3.05, 3.63) is 40.4 Å². The minimum Gasteiger partial charge on any atom is -0.349 e. The third-order valence-electron chi connectivity index (χ3n) is 2.21. The van der Waals surface area contributed by atoms with Crippen molar-refractivity contribution >= 4 is 29.2 Å². The van der Waals surface area contributed by atoms with Gasteiger partial charge in [-0.25, -0.2) is 9.97 Å². The van der Waals surface area contributed by atoms with E-state index >= 15 is 0 Å². The van der Waals surface area contributed by atoms with Crippen LogP contribution in [0.4, 0.5) is 5.95 Å². The lowest BCUT2D eigenvalue weighted by atomic mass is 10.4. The number of hydrogen-bond donors (Lipinski definition) is 1. The van der Waals surface area contributed by atoms with E-state index in [4.69, 9.17) is 23.2 Å². The van der Waals surface area contributed by atoms with Crippen LogP contribution < -0.4 is 5.32 Å². The zero-order valence-electron chi connectivity index (χ0n) is 8.61. The molecule has 0 amide bonds. The smallest absolute Gasteiger partial charge is 0.222 e. The maximum Gasteiger partial charge on any atom is 0.222 e. The van der Waals surface area contributed by atoms with E-state index in [-0.39, 0.29) is 0 Å². The standard InChI is InChI=1S/C10H10Cl2N4/c1-16-7(5-8(11)9(16)12)6-15-10-13-3-2-4-14-10/h2-5H,6H2,1H3,(H,13,14,15). The average molecular weight is 257 g/mol. The lowest BCUT2D eigenvalue weighted by Gasteiger charge is -2.05. The van der Waals surface area contributed by atoms with E-state index in [2.05, 4.69) is 15.3 Å². The summed E-state index contributed by atoms with van der Waals surface area (Å²) >= 11 is 11.9. The lowest BCUT2D eigenvalue weighted by Crippen LogP contribution is -2.06. The molecule has 2 aromatic rings. The summed E-state index contributed by atoms with van der Waals surface area (Å²) in [6.07, 6.45) is 3.36. The summed E-state index contributed by atoms with van der Waals surface area (Å²) in [5.74, 6) is 0.580. The monoisotopic (exact) mass is 256 g/mol. The summed E-state index contributed by atoms with van der Waals surface area (Å²) in [6, 6.07) is 3.58. The van der Waals surface area contributed by atoms with E-state index in [1.807, 2.05) is 17.7 Å². The van der Waals surface area contributed by atoms with Crippen molar-refractivity contribution in [2.75, 3.05) is 5.32 Å². The van der Waals surface area contributed by atoms with Gasteiger partial charge in [0.05, 0.1) is 11.6 Å². The Morgan fingerprint density at radius 2 is 2.00 bits per heavy atom. The first-order valence-electron chi connectivity index (χ1n) is 4.69. The normalized spacial score (nSPS) is 10.4. The molecule has 2 rings (SSSR count). The molecule has 2 aromatic heterocycles. The predicted octanol–water partition coefficient (Wildman–Crippen LogP) is 2.73. The SMILES string of the molecule is Cn1c(CNc2ncccn2)cc(Cl)c1Cl. The fourth-order valence-electron chi connectivity index (χ4n) is 1.32. The van der Waals surface area contributed by atoms with Crippen molar-refractivity contribution in [1.29, 1.82) is 0 Å². The molecular formula is C10H10Cl2N4. The lowest BCUT2D eigenvalue weighted by molar-refractivity contribution is 0.838. The van der Waals surface area contributed by atoms with Crippen LogP contribution in [-0.4, -0.2) is 14.5 Å². The van der Waals surface area contributed by atoms with Gasteiger partial charge < -0.3 is 9.88 Å². The molecule has 0 fully saturated rings. The average Bonchev–Trinajstić information content (AvgIpc) is 2.56. The molecule has 0 saturated heterocycles. The predicted molar refractivity (Wildman–Crippen MR) is 64.8 cm³/mol. The van der Waals surface area contributed by atoms with Crippen LogP contribution in [0.1, 0.15) is 5.69 Å². The van der Waals surface area contributed by atoms with Crippen LogP contribution in [-0.2, 0) is 13.6 Å². The van der Waals surface area contributed by atoms with Gasteiger partial charge in [-0.05, 0) is 12.1 Å². The van der Waals surface area contributed by atoms with Gasteiger partial charge in [0, 0.05) is 25.1 Å². The highest BCUT2D eigenvalue weighted by molar-refractivity contribution is 6.41. The number of anilines is 1. The second-order valence-corrected chi connectivity index (χ2v) is 4.02. The molecule has 84 valence electrons. The molecule has 0 saturated carbocycles. The Labute approximate surface area is 103 Å².